The van der Waals surface area contributed by atoms with Crippen molar-refractivity contribution in [2.45, 2.75) is 19.3 Å². The van der Waals surface area contributed by atoms with Crippen molar-refractivity contribution < 1.29 is 9.53 Å². The Kier molecular flexibility index (Phi) is 6.77. The molecule has 0 spiro atoms. The average molecular weight is 295 g/mol. The van der Waals surface area contributed by atoms with Crippen LogP contribution in [-0.2, 0) is 9.53 Å². The van der Waals surface area contributed by atoms with Crippen LogP contribution < -0.4 is 5.73 Å². The van der Waals surface area contributed by atoms with Crippen LogP contribution in [0.3, 0.4) is 0 Å². The Morgan fingerprint density at radius 2 is 2.00 bits per heavy atom. The predicted molar refractivity (Wildman–Crippen MR) is 77.3 cm³/mol. The molecule has 2 aliphatic rings. The number of hydrogen-bond donors (Lipinski definition) is 1. The minimum Gasteiger partial charge on any atom is -0.381 e. The Morgan fingerprint density at radius 1 is 1.28 bits per heavy atom. The third-order valence-corrected chi connectivity index (χ3v) is 4.85. The fraction of sp³-hybridized carbons (Fsp3) is 0.917. The smallest absolute Gasteiger partial charge is 0.230 e. The number of nitrogens with zero attached hydrogens (tertiary/aromatic N) is 1. The molecule has 2 fully saturated rings. The summed E-state index contributed by atoms with van der Waals surface area (Å²) in [6, 6.07) is 0. The first-order valence-corrected chi connectivity index (χ1v) is 7.59. The van der Waals surface area contributed by atoms with Crippen molar-refractivity contribution in [3.63, 3.8) is 0 Å². The van der Waals surface area contributed by atoms with E-state index in [-0.39, 0.29) is 23.7 Å². The molecule has 2 heterocycles. The zero-order valence-electron chi connectivity index (χ0n) is 10.7. The first-order valence-electron chi connectivity index (χ1n) is 6.43. The van der Waals surface area contributed by atoms with Gasteiger partial charge >= 0.3 is 0 Å². The summed E-state index contributed by atoms with van der Waals surface area (Å²) in [5, 5.41) is 0. The normalized spacial score (nSPS) is 23.9. The molecule has 0 atom stereocenters. The SMILES string of the molecule is Cl.NCC1(C(=O)N2CCCSCC2)CCOCC1. The van der Waals surface area contributed by atoms with Crippen LogP contribution in [0.2, 0.25) is 0 Å². The molecular formula is C12H23ClN2O2S. The van der Waals surface area contributed by atoms with E-state index in [4.69, 9.17) is 10.5 Å². The van der Waals surface area contributed by atoms with Gasteiger partial charge in [0.05, 0.1) is 5.41 Å². The monoisotopic (exact) mass is 294 g/mol. The van der Waals surface area contributed by atoms with Gasteiger partial charge in [-0.3, -0.25) is 4.79 Å². The van der Waals surface area contributed by atoms with Gasteiger partial charge in [-0.1, -0.05) is 0 Å². The summed E-state index contributed by atoms with van der Waals surface area (Å²) < 4.78 is 5.36. The van der Waals surface area contributed by atoms with Crippen LogP contribution in [0.15, 0.2) is 0 Å². The highest BCUT2D eigenvalue weighted by Gasteiger charge is 2.41. The number of hydrogen-bond acceptors (Lipinski definition) is 4. The molecule has 1 amide bonds. The van der Waals surface area contributed by atoms with Crippen molar-refractivity contribution in [1.82, 2.24) is 4.90 Å². The summed E-state index contributed by atoms with van der Waals surface area (Å²) in [5.74, 6) is 2.50. The summed E-state index contributed by atoms with van der Waals surface area (Å²) >= 11 is 1.94. The highest BCUT2D eigenvalue weighted by Crippen LogP contribution is 2.32. The quantitative estimate of drug-likeness (QED) is 0.829. The third kappa shape index (κ3) is 3.53. The van der Waals surface area contributed by atoms with Gasteiger partial charge in [-0.05, 0) is 25.0 Å². The maximum absolute atomic E-state index is 12.6. The average Bonchev–Trinajstić information content (AvgIpc) is 2.67. The Bertz CT molecular complexity index is 265. The van der Waals surface area contributed by atoms with E-state index in [2.05, 4.69) is 0 Å². The number of thioether (sulfide) groups is 1. The lowest BCUT2D eigenvalue weighted by Crippen LogP contribution is -2.51. The van der Waals surface area contributed by atoms with E-state index in [1.807, 2.05) is 16.7 Å². The molecule has 0 aromatic rings. The van der Waals surface area contributed by atoms with Gasteiger partial charge in [-0.25, -0.2) is 0 Å². The molecule has 0 saturated carbocycles. The van der Waals surface area contributed by atoms with Gasteiger partial charge in [0.1, 0.15) is 0 Å². The second-order valence-electron chi connectivity index (χ2n) is 4.85. The third-order valence-electron chi connectivity index (χ3n) is 3.80. The Morgan fingerprint density at radius 3 is 2.67 bits per heavy atom. The lowest BCUT2D eigenvalue weighted by atomic mass is 9.79. The van der Waals surface area contributed by atoms with Crippen LogP contribution in [0.4, 0.5) is 0 Å². The van der Waals surface area contributed by atoms with Gasteiger partial charge in [-0.2, -0.15) is 11.8 Å². The van der Waals surface area contributed by atoms with E-state index in [0.29, 0.717) is 19.8 Å². The Labute approximate surface area is 119 Å². The van der Waals surface area contributed by atoms with Crippen LogP contribution in [0.1, 0.15) is 19.3 Å². The minimum atomic E-state index is -0.340. The zero-order valence-corrected chi connectivity index (χ0v) is 12.4. The number of amides is 1. The molecule has 0 unspecified atom stereocenters. The van der Waals surface area contributed by atoms with Gasteiger partial charge in [0.2, 0.25) is 5.91 Å². The van der Waals surface area contributed by atoms with E-state index in [1.54, 1.807) is 0 Å². The minimum absolute atomic E-state index is 0. The second kappa shape index (κ2) is 7.58. The number of carbonyl (C=O) groups excluding carboxylic acids is 1. The summed E-state index contributed by atoms with van der Waals surface area (Å²) in [4.78, 5) is 14.7. The van der Waals surface area contributed by atoms with Crippen LogP contribution in [0, 0.1) is 5.41 Å². The lowest BCUT2D eigenvalue weighted by molar-refractivity contribution is -0.146. The van der Waals surface area contributed by atoms with E-state index < -0.39 is 0 Å². The Hall–Kier alpha value is 0.0300. The van der Waals surface area contributed by atoms with E-state index >= 15 is 0 Å². The maximum atomic E-state index is 12.6. The van der Waals surface area contributed by atoms with E-state index in [0.717, 1.165) is 38.1 Å². The van der Waals surface area contributed by atoms with E-state index in [9.17, 15) is 4.79 Å². The predicted octanol–water partition coefficient (Wildman–Crippen LogP) is 1.13. The molecule has 18 heavy (non-hydrogen) atoms. The summed E-state index contributed by atoms with van der Waals surface area (Å²) in [6.45, 7) is 3.58. The van der Waals surface area contributed by atoms with E-state index in [1.165, 1.54) is 5.75 Å². The molecule has 0 radical (unpaired) electrons. The molecule has 0 bridgehead atoms. The van der Waals surface area contributed by atoms with Gasteiger partial charge in [-0.15, -0.1) is 12.4 Å². The fourth-order valence-electron chi connectivity index (χ4n) is 2.55. The topological polar surface area (TPSA) is 55.6 Å². The van der Waals surface area contributed by atoms with Crippen molar-refractivity contribution >= 4 is 30.1 Å². The maximum Gasteiger partial charge on any atom is 0.230 e. The number of rotatable bonds is 2. The van der Waals surface area contributed by atoms with Gasteiger partial charge in [0.15, 0.2) is 0 Å². The first kappa shape index (κ1) is 16.1. The van der Waals surface area contributed by atoms with Gasteiger partial charge < -0.3 is 15.4 Å². The van der Waals surface area contributed by atoms with Crippen molar-refractivity contribution in [3.05, 3.63) is 0 Å². The molecule has 2 N–H and O–H groups in total. The van der Waals surface area contributed by atoms with Crippen molar-refractivity contribution in [3.8, 4) is 0 Å². The number of carbonyl (C=O) groups is 1. The number of ether oxygens (including phenoxy) is 1. The summed E-state index contributed by atoms with van der Waals surface area (Å²) in [5.41, 5.74) is 5.54. The zero-order chi connectivity index (χ0) is 12.1. The van der Waals surface area contributed by atoms with Crippen LogP contribution in [0.25, 0.3) is 0 Å². The van der Waals surface area contributed by atoms with Crippen molar-refractivity contribution in [2.75, 3.05) is 44.4 Å². The molecule has 2 rings (SSSR count). The van der Waals surface area contributed by atoms with Crippen molar-refractivity contribution in [1.29, 1.82) is 0 Å². The standard InChI is InChI=1S/C12H22N2O2S.ClH/c13-10-12(2-6-16-7-3-12)11(15)14-4-1-8-17-9-5-14;/h1-10,13H2;1H. The Balaban J connectivity index is 0.00000162. The van der Waals surface area contributed by atoms with Crippen LogP contribution in [-0.4, -0.2) is 55.2 Å². The molecule has 0 aromatic carbocycles. The molecule has 4 nitrogen and oxygen atoms in total. The summed E-state index contributed by atoms with van der Waals surface area (Å²) in [7, 11) is 0. The number of nitrogens with two attached hydrogens (primary N) is 1. The molecule has 2 aliphatic heterocycles. The number of halogens is 1. The molecule has 6 heteroatoms. The molecule has 106 valence electrons. The molecule has 0 aromatic heterocycles. The molecule has 2 saturated heterocycles. The first-order chi connectivity index (χ1) is 8.28. The second-order valence-corrected chi connectivity index (χ2v) is 6.08. The molecular weight excluding hydrogens is 272 g/mol. The van der Waals surface area contributed by atoms with Crippen LogP contribution in [0.5, 0.6) is 0 Å². The van der Waals surface area contributed by atoms with Crippen LogP contribution >= 0.6 is 24.2 Å². The highest BCUT2D eigenvalue weighted by molar-refractivity contribution is 7.99. The van der Waals surface area contributed by atoms with Gasteiger partial charge in [0, 0.05) is 38.6 Å². The molecule has 0 aliphatic carbocycles. The fourth-order valence-corrected chi connectivity index (χ4v) is 3.44. The highest BCUT2D eigenvalue weighted by atomic mass is 35.5. The van der Waals surface area contributed by atoms with Crippen molar-refractivity contribution in [2.24, 2.45) is 11.1 Å². The largest absolute Gasteiger partial charge is 0.381 e. The summed E-state index contributed by atoms with van der Waals surface area (Å²) in [6.07, 6.45) is 2.67. The lowest BCUT2D eigenvalue weighted by Gasteiger charge is -2.38. The van der Waals surface area contributed by atoms with Gasteiger partial charge in [0.25, 0.3) is 0 Å².